The Morgan fingerprint density at radius 3 is 2.75 bits per heavy atom. The van der Waals surface area contributed by atoms with Gasteiger partial charge in [0.15, 0.2) is 10.9 Å². The van der Waals surface area contributed by atoms with Crippen molar-refractivity contribution in [1.82, 2.24) is 9.97 Å². The molecule has 1 aromatic rings. The molecule has 0 aromatic carbocycles. The van der Waals surface area contributed by atoms with Crippen molar-refractivity contribution in [2.24, 2.45) is 0 Å². The number of hydrogen-bond donors (Lipinski definition) is 0. The molecule has 8 heteroatoms. The van der Waals surface area contributed by atoms with Crippen molar-refractivity contribution in [2.45, 2.75) is 31.8 Å². The molecule has 1 aromatic heterocycles. The van der Waals surface area contributed by atoms with Crippen LogP contribution in [0.5, 0.6) is 0 Å². The van der Waals surface area contributed by atoms with E-state index in [1.807, 2.05) is 18.1 Å². The van der Waals surface area contributed by atoms with Crippen molar-refractivity contribution >= 4 is 29.3 Å². The van der Waals surface area contributed by atoms with Gasteiger partial charge >= 0.3 is 5.97 Å². The van der Waals surface area contributed by atoms with Crippen LogP contribution in [-0.4, -0.2) is 60.9 Å². The Kier molecular flexibility index (Phi) is 6.99. The first-order chi connectivity index (χ1) is 11.6. The molecule has 0 spiro atoms. The molecule has 1 fully saturated rings. The molecule has 1 aliphatic rings. The maximum absolute atomic E-state index is 12.6. The summed E-state index contributed by atoms with van der Waals surface area (Å²) in [5.41, 5.74) is 0.284. The normalized spacial score (nSPS) is 15.0. The van der Waals surface area contributed by atoms with Crippen molar-refractivity contribution < 1.29 is 19.1 Å². The molecule has 0 atom stereocenters. The number of ketones is 1. The maximum atomic E-state index is 12.6. The SMILES string of the molecule is CCCOC(=O)c1c(C(C)=O)nc(SC)nc1N1CCCOCC1. The minimum atomic E-state index is -0.546. The molecule has 132 valence electrons. The first-order valence-electron chi connectivity index (χ1n) is 8.05. The lowest BCUT2D eigenvalue weighted by molar-refractivity contribution is 0.0501. The van der Waals surface area contributed by atoms with E-state index in [9.17, 15) is 9.59 Å². The number of carbonyl (C=O) groups excluding carboxylic acids is 2. The Bertz CT molecular complexity index is 601. The number of esters is 1. The first-order valence-corrected chi connectivity index (χ1v) is 9.27. The fourth-order valence-electron chi connectivity index (χ4n) is 2.42. The minimum Gasteiger partial charge on any atom is -0.462 e. The number of Topliss-reactive ketones (excluding diaryl/α,β-unsaturated/α-hetero) is 1. The summed E-state index contributed by atoms with van der Waals surface area (Å²) >= 11 is 1.34. The highest BCUT2D eigenvalue weighted by atomic mass is 32.2. The van der Waals surface area contributed by atoms with Crippen LogP contribution in [0.2, 0.25) is 0 Å². The lowest BCUT2D eigenvalue weighted by atomic mass is 10.1. The van der Waals surface area contributed by atoms with E-state index < -0.39 is 5.97 Å². The summed E-state index contributed by atoms with van der Waals surface area (Å²) in [6.07, 6.45) is 3.37. The minimum absolute atomic E-state index is 0.121. The number of nitrogens with zero attached hydrogens (tertiary/aromatic N) is 3. The molecule has 7 nitrogen and oxygen atoms in total. The zero-order valence-electron chi connectivity index (χ0n) is 14.3. The van der Waals surface area contributed by atoms with Gasteiger partial charge in [-0.25, -0.2) is 14.8 Å². The Hall–Kier alpha value is -1.67. The molecule has 0 amide bonds. The van der Waals surface area contributed by atoms with Gasteiger partial charge in [-0.2, -0.15) is 0 Å². The molecule has 1 saturated heterocycles. The molecular weight excluding hydrogens is 330 g/mol. The molecule has 0 aliphatic carbocycles. The van der Waals surface area contributed by atoms with Crippen LogP contribution in [0, 0.1) is 0 Å². The van der Waals surface area contributed by atoms with Crippen molar-refractivity contribution in [1.29, 1.82) is 0 Å². The van der Waals surface area contributed by atoms with Crippen molar-refractivity contribution in [3.63, 3.8) is 0 Å². The summed E-state index contributed by atoms with van der Waals surface area (Å²) in [4.78, 5) is 35.3. The molecule has 1 aliphatic heterocycles. The Morgan fingerprint density at radius 1 is 1.29 bits per heavy atom. The molecular formula is C16H23N3O4S. The molecule has 24 heavy (non-hydrogen) atoms. The lowest BCUT2D eigenvalue weighted by Crippen LogP contribution is -2.30. The number of carbonyl (C=O) groups is 2. The number of aromatic nitrogens is 2. The van der Waals surface area contributed by atoms with Crippen LogP contribution in [0.15, 0.2) is 5.16 Å². The number of ether oxygens (including phenoxy) is 2. The monoisotopic (exact) mass is 353 g/mol. The van der Waals surface area contributed by atoms with Crippen LogP contribution < -0.4 is 4.90 Å². The molecule has 0 saturated carbocycles. The van der Waals surface area contributed by atoms with E-state index in [0.717, 1.165) is 6.42 Å². The summed E-state index contributed by atoms with van der Waals surface area (Å²) in [5, 5.41) is 0.465. The second-order valence-corrected chi connectivity index (χ2v) is 6.18. The third kappa shape index (κ3) is 4.45. The fourth-order valence-corrected chi connectivity index (χ4v) is 2.78. The summed E-state index contributed by atoms with van der Waals surface area (Å²) in [6, 6.07) is 0. The number of hydrogen-bond acceptors (Lipinski definition) is 8. The van der Waals surface area contributed by atoms with Gasteiger partial charge in [-0.05, 0) is 19.1 Å². The van der Waals surface area contributed by atoms with E-state index in [1.54, 1.807) is 0 Å². The van der Waals surface area contributed by atoms with Gasteiger partial charge in [-0.3, -0.25) is 4.79 Å². The Balaban J connectivity index is 2.53. The van der Waals surface area contributed by atoms with Gasteiger partial charge in [-0.1, -0.05) is 18.7 Å². The predicted octanol–water partition coefficient (Wildman–Crippen LogP) is 2.19. The molecule has 2 rings (SSSR count). The second-order valence-electron chi connectivity index (χ2n) is 5.40. The van der Waals surface area contributed by atoms with Gasteiger partial charge in [0, 0.05) is 26.6 Å². The zero-order valence-corrected chi connectivity index (χ0v) is 15.1. The Labute approximate surface area is 146 Å². The highest BCUT2D eigenvalue weighted by molar-refractivity contribution is 7.98. The molecule has 0 unspecified atom stereocenters. The van der Waals surface area contributed by atoms with E-state index in [1.165, 1.54) is 18.7 Å². The summed E-state index contributed by atoms with van der Waals surface area (Å²) in [5.74, 6) is -0.357. The van der Waals surface area contributed by atoms with Crippen molar-refractivity contribution in [2.75, 3.05) is 44.1 Å². The van der Waals surface area contributed by atoms with Crippen LogP contribution in [0.25, 0.3) is 0 Å². The average molecular weight is 353 g/mol. The van der Waals surface area contributed by atoms with Crippen LogP contribution >= 0.6 is 11.8 Å². The number of thioether (sulfide) groups is 1. The van der Waals surface area contributed by atoms with Gasteiger partial charge < -0.3 is 14.4 Å². The van der Waals surface area contributed by atoms with E-state index in [-0.39, 0.29) is 17.0 Å². The second kappa shape index (κ2) is 8.98. The Morgan fingerprint density at radius 2 is 2.08 bits per heavy atom. The summed E-state index contributed by atoms with van der Waals surface area (Å²) < 4.78 is 10.7. The summed E-state index contributed by atoms with van der Waals surface area (Å²) in [7, 11) is 0. The van der Waals surface area contributed by atoms with E-state index in [2.05, 4.69) is 9.97 Å². The van der Waals surface area contributed by atoms with Gasteiger partial charge in [0.05, 0.1) is 13.2 Å². The van der Waals surface area contributed by atoms with E-state index in [0.29, 0.717) is 50.3 Å². The zero-order chi connectivity index (χ0) is 17.5. The average Bonchev–Trinajstić information content (AvgIpc) is 2.87. The van der Waals surface area contributed by atoms with Crippen LogP contribution in [-0.2, 0) is 9.47 Å². The lowest BCUT2D eigenvalue weighted by Gasteiger charge is -2.24. The van der Waals surface area contributed by atoms with Crippen LogP contribution in [0.4, 0.5) is 5.82 Å². The molecule has 0 radical (unpaired) electrons. The molecule has 0 bridgehead atoms. The fraction of sp³-hybridized carbons (Fsp3) is 0.625. The largest absolute Gasteiger partial charge is 0.462 e. The van der Waals surface area contributed by atoms with E-state index >= 15 is 0 Å². The first kappa shape index (κ1) is 18.7. The standard InChI is InChI=1S/C16H23N3O4S/c1-4-8-23-15(21)12-13(11(2)20)17-16(24-3)18-14(12)19-6-5-9-22-10-7-19/h4-10H2,1-3H3. The van der Waals surface area contributed by atoms with Crippen LogP contribution in [0.1, 0.15) is 47.5 Å². The van der Waals surface area contributed by atoms with Crippen molar-refractivity contribution in [3.05, 3.63) is 11.3 Å². The third-order valence-corrected chi connectivity index (χ3v) is 4.10. The molecule has 0 N–H and O–H groups in total. The van der Waals surface area contributed by atoms with Gasteiger partial charge in [-0.15, -0.1) is 0 Å². The molecule has 2 heterocycles. The maximum Gasteiger partial charge on any atom is 0.344 e. The van der Waals surface area contributed by atoms with Gasteiger partial charge in [0.25, 0.3) is 0 Å². The number of rotatable bonds is 6. The quantitative estimate of drug-likeness (QED) is 0.333. The van der Waals surface area contributed by atoms with Crippen LogP contribution in [0.3, 0.4) is 0 Å². The predicted molar refractivity (Wildman–Crippen MR) is 92.0 cm³/mol. The van der Waals surface area contributed by atoms with Gasteiger partial charge in [0.2, 0.25) is 0 Å². The van der Waals surface area contributed by atoms with Gasteiger partial charge in [0.1, 0.15) is 17.1 Å². The number of anilines is 1. The van der Waals surface area contributed by atoms with E-state index in [4.69, 9.17) is 9.47 Å². The topological polar surface area (TPSA) is 81.6 Å². The summed E-state index contributed by atoms with van der Waals surface area (Å²) in [6.45, 7) is 6.15. The van der Waals surface area contributed by atoms with Crippen molar-refractivity contribution in [3.8, 4) is 0 Å². The smallest absolute Gasteiger partial charge is 0.344 e. The third-order valence-electron chi connectivity index (χ3n) is 3.55. The highest BCUT2D eigenvalue weighted by Gasteiger charge is 2.28. The highest BCUT2D eigenvalue weighted by Crippen LogP contribution is 2.26.